The minimum absolute atomic E-state index is 0.0874. The number of esters is 1. The number of nitrogens with two attached hydrogens (primary N) is 2. The van der Waals surface area contributed by atoms with Crippen molar-refractivity contribution in [3.8, 4) is 5.75 Å². The van der Waals surface area contributed by atoms with E-state index in [9.17, 15) is 22.8 Å². The van der Waals surface area contributed by atoms with Crippen LogP contribution in [0.15, 0.2) is 54.4 Å². The van der Waals surface area contributed by atoms with Crippen molar-refractivity contribution in [2.75, 3.05) is 24.0 Å². The minimum Gasteiger partial charge on any atom is -0.484 e. The molecule has 2 aromatic rings. The van der Waals surface area contributed by atoms with Gasteiger partial charge in [0.05, 0.1) is 29.6 Å². The molecule has 0 radical (unpaired) electrons. The molecule has 8 nitrogen and oxygen atoms in total. The summed E-state index contributed by atoms with van der Waals surface area (Å²) < 4.78 is 48.5. The van der Waals surface area contributed by atoms with Gasteiger partial charge in [-0.2, -0.15) is 13.2 Å². The quantitative estimate of drug-likeness (QED) is 0.252. The number of hydrogen-bond acceptors (Lipinski definition) is 7. The number of amides is 1. The Hall–Kier alpha value is -3.44. The summed E-state index contributed by atoms with van der Waals surface area (Å²) in [7, 11) is 1.16. The first kappa shape index (κ1) is 23.8. The zero-order valence-corrected chi connectivity index (χ0v) is 16.8. The minimum atomic E-state index is -4.66. The fourth-order valence-corrected chi connectivity index (χ4v) is 2.52. The van der Waals surface area contributed by atoms with E-state index in [0.29, 0.717) is 5.69 Å². The molecule has 166 valence electrons. The lowest BCUT2D eigenvalue weighted by atomic mass is 10.2. The summed E-state index contributed by atoms with van der Waals surface area (Å²) in [6.07, 6.45) is -3.52. The third-order valence-electron chi connectivity index (χ3n) is 3.74. The number of halogens is 4. The molecule has 12 heteroatoms. The summed E-state index contributed by atoms with van der Waals surface area (Å²) in [6, 6.07) is 9.14. The van der Waals surface area contributed by atoms with Crippen LogP contribution in [0.1, 0.15) is 5.56 Å². The Morgan fingerprint density at radius 2 is 1.94 bits per heavy atom. The van der Waals surface area contributed by atoms with Gasteiger partial charge in [-0.25, -0.2) is 10.6 Å². The van der Waals surface area contributed by atoms with Gasteiger partial charge in [-0.1, -0.05) is 17.7 Å². The highest BCUT2D eigenvalue weighted by molar-refractivity contribution is 6.31. The van der Waals surface area contributed by atoms with E-state index in [2.05, 4.69) is 10.1 Å². The Morgan fingerprint density at radius 1 is 1.23 bits per heavy atom. The molecule has 0 aliphatic rings. The zero-order chi connectivity index (χ0) is 23.2. The monoisotopic (exact) mass is 458 g/mol. The van der Waals surface area contributed by atoms with Crippen molar-refractivity contribution in [3.63, 3.8) is 0 Å². The number of nitrogens with one attached hydrogen (secondary N) is 1. The average Bonchev–Trinajstić information content (AvgIpc) is 2.72. The maximum atomic E-state index is 12.9. The van der Waals surface area contributed by atoms with Crippen molar-refractivity contribution < 1.29 is 32.2 Å². The molecule has 0 fully saturated rings. The Labute approximate surface area is 180 Å². The highest BCUT2D eigenvalue weighted by Gasteiger charge is 2.33. The number of carbonyl (C=O) groups excluding carboxylic acids is 2. The number of rotatable bonds is 7. The number of ether oxygens (including phenoxy) is 2. The molecule has 0 bridgehead atoms. The molecule has 0 unspecified atom stereocenters. The first-order valence-electron chi connectivity index (χ1n) is 8.50. The number of hydrazine groups is 1. The highest BCUT2D eigenvalue weighted by Crippen LogP contribution is 2.36. The number of benzene rings is 2. The lowest BCUT2D eigenvalue weighted by Gasteiger charge is -2.16. The number of nitrogens with zero attached hydrogens (tertiary/aromatic N) is 1. The van der Waals surface area contributed by atoms with Crippen LogP contribution in [0, 0.1) is 0 Å². The van der Waals surface area contributed by atoms with Crippen LogP contribution in [0.3, 0.4) is 0 Å². The molecule has 0 aliphatic carbocycles. The number of alkyl halides is 3. The van der Waals surface area contributed by atoms with E-state index in [4.69, 9.17) is 27.9 Å². The number of anilines is 2. The molecule has 0 saturated carbocycles. The Kier molecular flexibility index (Phi) is 7.72. The number of carbonyl (C=O) groups is 2. The summed E-state index contributed by atoms with van der Waals surface area (Å²) in [5, 5.41) is 2.87. The van der Waals surface area contributed by atoms with Gasteiger partial charge in [0, 0.05) is 11.8 Å². The van der Waals surface area contributed by atoms with E-state index < -0.39 is 35.2 Å². The van der Waals surface area contributed by atoms with Crippen LogP contribution in [-0.2, 0) is 20.5 Å². The second-order valence-electron chi connectivity index (χ2n) is 6.01. The van der Waals surface area contributed by atoms with Gasteiger partial charge in [0.2, 0.25) is 0 Å². The molecule has 0 heterocycles. The highest BCUT2D eigenvalue weighted by atomic mass is 35.5. The smallest absolute Gasteiger partial charge is 0.417 e. The van der Waals surface area contributed by atoms with Crippen LogP contribution in [0.4, 0.5) is 24.5 Å². The van der Waals surface area contributed by atoms with Gasteiger partial charge in [-0.15, -0.1) is 0 Å². The average molecular weight is 459 g/mol. The van der Waals surface area contributed by atoms with E-state index >= 15 is 0 Å². The molecule has 1 amide bonds. The van der Waals surface area contributed by atoms with Crippen molar-refractivity contribution in [2.45, 2.75) is 6.18 Å². The van der Waals surface area contributed by atoms with Gasteiger partial charge in [0.15, 0.2) is 6.61 Å². The van der Waals surface area contributed by atoms with Crippen LogP contribution < -0.4 is 26.6 Å². The molecule has 0 saturated heterocycles. The Balaban J connectivity index is 2.02. The first-order valence-corrected chi connectivity index (χ1v) is 8.88. The number of hydrogen-bond donors (Lipinski definition) is 3. The standard InChI is InChI=1S/C19H18ClF3N4O4/c1-30-18(29)16(24)9-27(25)12-3-2-4-13(8-12)31-10-17(28)26-11-5-6-15(20)14(7-11)19(21,22)23/h2-9H,10,24-25H2,1H3,(H,26,28)/b16-9-. The van der Waals surface area contributed by atoms with Gasteiger partial charge < -0.3 is 20.5 Å². The molecule has 2 aromatic carbocycles. The third kappa shape index (κ3) is 6.79. The molecule has 31 heavy (non-hydrogen) atoms. The van der Waals surface area contributed by atoms with Crippen molar-refractivity contribution in [1.29, 1.82) is 0 Å². The SMILES string of the molecule is COC(=O)/C(N)=C/N(N)c1cccc(OCC(=O)Nc2ccc(Cl)c(C(F)(F)F)c2)c1. The van der Waals surface area contributed by atoms with Crippen molar-refractivity contribution >= 4 is 34.9 Å². The van der Waals surface area contributed by atoms with Crippen LogP contribution in [-0.4, -0.2) is 25.6 Å². The van der Waals surface area contributed by atoms with Crippen LogP contribution in [0.25, 0.3) is 0 Å². The number of methoxy groups -OCH3 is 1. The topological polar surface area (TPSA) is 120 Å². The fourth-order valence-electron chi connectivity index (χ4n) is 2.30. The second-order valence-corrected chi connectivity index (χ2v) is 6.42. The molecular formula is C19H18ClF3N4O4. The lowest BCUT2D eigenvalue weighted by molar-refractivity contribution is -0.137. The van der Waals surface area contributed by atoms with Crippen LogP contribution in [0.5, 0.6) is 5.75 Å². The Morgan fingerprint density at radius 3 is 2.58 bits per heavy atom. The summed E-state index contributed by atoms with van der Waals surface area (Å²) in [6.45, 7) is -0.488. The predicted molar refractivity (Wildman–Crippen MR) is 108 cm³/mol. The zero-order valence-electron chi connectivity index (χ0n) is 16.1. The molecular weight excluding hydrogens is 441 g/mol. The van der Waals surface area contributed by atoms with Crippen LogP contribution >= 0.6 is 11.6 Å². The van der Waals surface area contributed by atoms with Gasteiger partial charge >= 0.3 is 12.1 Å². The first-order chi connectivity index (χ1) is 14.5. The normalized spacial score (nSPS) is 11.6. The van der Waals surface area contributed by atoms with E-state index in [1.54, 1.807) is 12.1 Å². The fraction of sp³-hybridized carbons (Fsp3) is 0.158. The van der Waals surface area contributed by atoms with E-state index in [1.807, 2.05) is 0 Å². The second kappa shape index (κ2) is 10.0. The van der Waals surface area contributed by atoms with Crippen molar-refractivity contribution in [3.05, 3.63) is 64.9 Å². The van der Waals surface area contributed by atoms with Gasteiger partial charge in [0.1, 0.15) is 11.4 Å². The summed E-state index contributed by atoms with van der Waals surface area (Å²) in [4.78, 5) is 23.4. The van der Waals surface area contributed by atoms with Gasteiger partial charge in [0.25, 0.3) is 5.91 Å². The lowest BCUT2D eigenvalue weighted by Crippen LogP contribution is -2.28. The molecule has 0 spiro atoms. The van der Waals surface area contributed by atoms with Gasteiger partial charge in [-0.3, -0.25) is 9.80 Å². The van der Waals surface area contributed by atoms with E-state index in [1.165, 1.54) is 18.2 Å². The van der Waals surface area contributed by atoms with Crippen LogP contribution in [0.2, 0.25) is 5.02 Å². The summed E-state index contributed by atoms with van der Waals surface area (Å²) >= 11 is 5.55. The summed E-state index contributed by atoms with van der Waals surface area (Å²) in [5.74, 6) is 4.58. The Bertz CT molecular complexity index is 998. The molecule has 5 N–H and O–H groups in total. The predicted octanol–water partition coefficient (Wildman–Crippen LogP) is 3.03. The molecule has 0 aliphatic heterocycles. The molecule has 2 rings (SSSR count). The third-order valence-corrected chi connectivity index (χ3v) is 4.07. The van der Waals surface area contributed by atoms with E-state index in [-0.39, 0.29) is 17.1 Å². The summed E-state index contributed by atoms with van der Waals surface area (Å²) in [5.41, 5.74) is 4.50. The van der Waals surface area contributed by atoms with Crippen molar-refractivity contribution in [2.24, 2.45) is 11.6 Å². The van der Waals surface area contributed by atoms with Gasteiger partial charge in [-0.05, 0) is 30.3 Å². The van der Waals surface area contributed by atoms with Crippen molar-refractivity contribution in [1.82, 2.24) is 0 Å². The van der Waals surface area contributed by atoms with E-state index in [0.717, 1.165) is 30.5 Å². The molecule has 0 atom stereocenters. The maximum Gasteiger partial charge on any atom is 0.417 e. The molecule has 0 aromatic heterocycles. The maximum absolute atomic E-state index is 12.9. The largest absolute Gasteiger partial charge is 0.484 e.